The Bertz CT molecular complexity index is 547. The van der Waals surface area contributed by atoms with Crippen LogP contribution in [0.2, 0.25) is 0 Å². The third-order valence-electron chi connectivity index (χ3n) is 2.34. The molecule has 0 spiro atoms. The molecule has 0 fully saturated rings. The summed E-state index contributed by atoms with van der Waals surface area (Å²) in [5.41, 5.74) is 1.44. The largest absolute Gasteiger partial charge is 0.361 e. The van der Waals surface area contributed by atoms with E-state index in [4.69, 9.17) is 0 Å². The molecule has 0 aliphatic rings. The van der Waals surface area contributed by atoms with Gasteiger partial charge in [0, 0.05) is 24.4 Å². The number of amides is 1. The van der Waals surface area contributed by atoms with Crippen LogP contribution in [0.1, 0.15) is 5.56 Å². The van der Waals surface area contributed by atoms with Gasteiger partial charge in [0.2, 0.25) is 6.41 Å². The van der Waals surface area contributed by atoms with Crippen molar-refractivity contribution in [3.8, 4) is 0 Å². The van der Waals surface area contributed by atoms with Crippen molar-refractivity contribution in [2.24, 2.45) is 0 Å². The van der Waals surface area contributed by atoms with Gasteiger partial charge < -0.3 is 10.3 Å². The second kappa shape index (κ2) is 4.01. The summed E-state index contributed by atoms with van der Waals surface area (Å²) in [6.07, 6.45) is 2.22. The molecule has 6 heteroatoms. The Morgan fingerprint density at radius 2 is 2.31 bits per heavy atom. The molecule has 0 unspecified atom stereocenters. The van der Waals surface area contributed by atoms with E-state index in [1.54, 1.807) is 18.3 Å². The minimum atomic E-state index is -0.430. The lowest BCUT2D eigenvalue weighted by Crippen LogP contribution is -2.09. The lowest BCUT2D eigenvalue weighted by atomic mass is 10.1. The van der Waals surface area contributed by atoms with Gasteiger partial charge in [0.05, 0.1) is 15.8 Å². The highest BCUT2D eigenvalue weighted by Crippen LogP contribution is 2.28. The highest BCUT2D eigenvalue weighted by Gasteiger charge is 2.15. The van der Waals surface area contributed by atoms with Gasteiger partial charge in [0.1, 0.15) is 0 Å². The van der Waals surface area contributed by atoms with Gasteiger partial charge in [0.15, 0.2) is 0 Å². The van der Waals surface area contributed by atoms with Gasteiger partial charge in [-0.15, -0.1) is 0 Å². The number of carbonyl (C=O) groups excluding carboxylic acids is 1. The fourth-order valence-electron chi connectivity index (χ4n) is 1.68. The second-order valence-electron chi connectivity index (χ2n) is 3.27. The van der Waals surface area contributed by atoms with Crippen molar-refractivity contribution < 1.29 is 9.72 Å². The van der Waals surface area contributed by atoms with E-state index in [1.807, 2.05) is 0 Å². The molecule has 0 aliphatic carbocycles. The van der Waals surface area contributed by atoms with Crippen LogP contribution in [0.5, 0.6) is 0 Å². The Kier molecular flexibility index (Phi) is 2.55. The first-order chi connectivity index (χ1) is 7.74. The lowest BCUT2D eigenvalue weighted by Gasteiger charge is -1.98. The first-order valence-corrected chi connectivity index (χ1v) is 4.64. The van der Waals surface area contributed by atoms with E-state index in [1.165, 1.54) is 6.07 Å². The highest BCUT2D eigenvalue weighted by molar-refractivity contribution is 5.91. The number of benzene rings is 1. The van der Waals surface area contributed by atoms with Crippen molar-refractivity contribution in [1.82, 2.24) is 10.3 Å². The maximum Gasteiger partial charge on any atom is 0.279 e. The predicted molar refractivity (Wildman–Crippen MR) is 57.9 cm³/mol. The Morgan fingerprint density at radius 1 is 1.50 bits per heavy atom. The Morgan fingerprint density at radius 3 is 3.00 bits per heavy atom. The SMILES string of the molecule is O=CNCc1c[nH]c2cccc([N+](=O)[O-])c12. The van der Waals surface area contributed by atoms with Gasteiger partial charge >= 0.3 is 0 Å². The summed E-state index contributed by atoms with van der Waals surface area (Å²) < 4.78 is 0. The van der Waals surface area contributed by atoms with Crippen LogP contribution in [0.25, 0.3) is 10.9 Å². The summed E-state index contributed by atoms with van der Waals surface area (Å²) >= 11 is 0. The highest BCUT2D eigenvalue weighted by atomic mass is 16.6. The van der Waals surface area contributed by atoms with Gasteiger partial charge in [-0.3, -0.25) is 14.9 Å². The molecule has 2 aromatic rings. The Labute approximate surface area is 90.4 Å². The van der Waals surface area contributed by atoms with Gasteiger partial charge in [0.25, 0.3) is 5.69 Å². The summed E-state index contributed by atoms with van der Waals surface area (Å²) in [7, 11) is 0. The third-order valence-corrected chi connectivity index (χ3v) is 2.34. The van der Waals surface area contributed by atoms with Crippen molar-refractivity contribution in [3.63, 3.8) is 0 Å². The van der Waals surface area contributed by atoms with Crippen LogP contribution in [0, 0.1) is 10.1 Å². The molecule has 0 saturated heterocycles. The van der Waals surface area contributed by atoms with Crippen molar-refractivity contribution in [3.05, 3.63) is 40.1 Å². The zero-order chi connectivity index (χ0) is 11.5. The van der Waals surface area contributed by atoms with Gasteiger partial charge in [-0.05, 0) is 6.07 Å². The standard InChI is InChI=1S/C10H9N3O3/c14-6-11-4-7-5-12-8-2-1-3-9(10(7)8)13(15)16/h1-3,5-6,12H,4H2,(H,11,14). The number of hydrogen-bond donors (Lipinski definition) is 2. The van der Waals surface area contributed by atoms with E-state index < -0.39 is 4.92 Å². The smallest absolute Gasteiger partial charge is 0.279 e. The van der Waals surface area contributed by atoms with Crippen LogP contribution >= 0.6 is 0 Å². The normalized spacial score (nSPS) is 10.2. The molecule has 82 valence electrons. The molecule has 1 heterocycles. The Hall–Kier alpha value is -2.37. The van der Waals surface area contributed by atoms with Crippen LogP contribution in [0.3, 0.4) is 0 Å². The Balaban J connectivity index is 2.58. The molecule has 6 nitrogen and oxygen atoms in total. The molecule has 0 bridgehead atoms. The number of hydrogen-bond acceptors (Lipinski definition) is 3. The van der Waals surface area contributed by atoms with Gasteiger partial charge in [-0.1, -0.05) is 6.07 Å². The lowest BCUT2D eigenvalue weighted by molar-refractivity contribution is -0.383. The van der Waals surface area contributed by atoms with Crippen molar-refractivity contribution in [2.45, 2.75) is 6.54 Å². The van der Waals surface area contributed by atoms with E-state index in [0.717, 1.165) is 0 Å². The average Bonchev–Trinajstić information content (AvgIpc) is 2.69. The number of carbonyl (C=O) groups is 1. The van der Waals surface area contributed by atoms with E-state index in [0.29, 0.717) is 22.9 Å². The van der Waals surface area contributed by atoms with E-state index in [-0.39, 0.29) is 12.2 Å². The van der Waals surface area contributed by atoms with Crippen LogP contribution in [0.4, 0.5) is 5.69 Å². The van der Waals surface area contributed by atoms with Crippen molar-refractivity contribution in [2.75, 3.05) is 0 Å². The number of rotatable bonds is 4. The molecule has 1 aromatic heterocycles. The first-order valence-electron chi connectivity index (χ1n) is 4.64. The summed E-state index contributed by atoms with van der Waals surface area (Å²) in [6.45, 7) is 0.272. The molecular weight excluding hydrogens is 210 g/mol. The number of non-ortho nitro benzene ring substituents is 1. The van der Waals surface area contributed by atoms with E-state index in [9.17, 15) is 14.9 Å². The maximum absolute atomic E-state index is 10.8. The maximum atomic E-state index is 10.8. The second-order valence-corrected chi connectivity index (χ2v) is 3.27. The number of H-pyrrole nitrogens is 1. The molecule has 1 aromatic carbocycles. The molecule has 1 amide bonds. The monoisotopic (exact) mass is 219 g/mol. The fraction of sp³-hybridized carbons (Fsp3) is 0.100. The molecule has 0 atom stereocenters. The molecular formula is C10H9N3O3. The molecule has 0 radical (unpaired) electrons. The molecule has 16 heavy (non-hydrogen) atoms. The minimum Gasteiger partial charge on any atom is -0.361 e. The molecule has 2 rings (SSSR count). The van der Waals surface area contributed by atoms with Crippen molar-refractivity contribution >= 4 is 23.0 Å². The van der Waals surface area contributed by atoms with Crippen molar-refractivity contribution in [1.29, 1.82) is 0 Å². The van der Waals surface area contributed by atoms with Gasteiger partial charge in [-0.25, -0.2) is 0 Å². The number of nitro groups is 1. The number of nitro benzene ring substituents is 1. The van der Waals surface area contributed by atoms with Crippen LogP contribution in [0.15, 0.2) is 24.4 Å². The summed E-state index contributed by atoms with van der Waals surface area (Å²) in [6, 6.07) is 4.82. The van der Waals surface area contributed by atoms with E-state index in [2.05, 4.69) is 10.3 Å². The third kappa shape index (κ3) is 1.60. The van der Waals surface area contributed by atoms with Gasteiger partial charge in [-0.2, -0.15) is 0 Å². The molecule has 0 saturated carbocycles. The number of fused-ring (bicyclic) bond motifs is 1. The number of aromatic amines is 1. The predicted octanol–water partition coefficient (Wildman–Crippen LogP) is 1.32. The molecule has 2 N–H and O–H groups in total. The fourth-order valence-corrected chi connectivity index (χ4v) is 1.68. The number of aromatic nitrogens is 1. The topological polar surface area (TPSA) is 88.0 Å². The zero-order valence-corrected chi connectivity index (χ0v) is 8.27. The summed E-state index contributed by atoms with van der Waals surface area (Å²) in [4.78, 5) is 23.5. The number of nitrogens with one attached hydrogen (secondary N) is 2. The summed E-state index contributed by atoms with van der Waals surface area (Å²) in [5, 5.41) is 13.9. The quantitative estimate of drug-likeness (QED) is 0.461. The molecule has 0 aliphatic heterocycles. The first kappa shape index (κ1) is 10.2. The minimum absolute atomic E-state index is 0.0430. The summed E-state index contributed by atoms with van der Waals surface area (Å²) in [5.74, 6) is 0. The number of nitrogens with zero attached hydrogens (tertiary/aromatic N) is 1. The van der Waals surface area contributed by atoms with Crippen LogP contribution in [-0.2, 0) is 11.3 Å². The van der Waals surface area contributed by atoms with E-state index >= 15 is 0 Å². The zero-order valence-electron chi connectivity index (χ0n) is 8.27. The van der Waals surface area contributed by atoms with Crippen LogP contribution in [-0.4, -0.2) is 16.3 Å². The average molecular weight is 219 g/mol. The van der Waals surface area contributed by atoms with Crippen LogP contribution < -0.4 is 5.32 Å².